The molecule has 0 aromatic rings. The molecule has 4 saturated heterocycles. The molecule has 2 spiro atoms. The third-order valence-electron chi connectivity index (χ3n) is 11.0. The lowest BCUT2D eigenvalue weighted by atomic mass is 9.31. The number of aliphatic hydroxyl groups is 1. The normalized spacial score (nSPS) is 62.7. The molecule has 0 radical (unpaired) electrons. The van der Waals surface area contributed by atoms with Crippen molar-refractivity contribution in [1.82, 2.24) is 4.90 Å². The van der Waals surface area contributed by atoms with Gasteiger partial charge in [0.05, 0.1) is 12.2 Å². The maximum absolute atomic E-state index is 12.3. The van der Waals surface area contributed by atoms with E-state index >= 15 is 0 Å². The van der Waals surface area contributed by atoms with Gasteiger partial charge in [-0.1, -0.05) is 13.3 Å². The number of hydrogen-bond acceptors (Lipinski definition) is 6. The Bertz CT molecular complexity index is 815. The average Bonchev–Trinajstić information content (AvgIpc) is 3.16. The second-order valence-corrected chi connectivity index (χ2v) is 12.2. The highest BCUT2D eigenvalue weighted by molar-refractivity contribution is 5.66. The van der Waals surface area contributed by atoms with Crippen LogP contribution in [0, 0.1) is 34.0 Å². The van der Waals surface area contributed by atoms with Crippen molar-refractivity contribution in [2.45, 2.75) is 96.0 Å². The molecule has 4 heterocycles. The van der Waals surface area contributed by atoms with Gasteiger partial charge in [-0.2, -0.15) is 0 Å². The first kappa shape index (κ1) is 18.8. The van der Waals surface area contributed by atoms with E-state index in [9.17, 15) is 9.90 Å². The molecule has 4 aliphatic heterocycles. The van der Waals surface area contributed by atoms with Crippen LogP contribution in [0.4, 0.5) is 0 Å². The Morgan fingerprint density at radius 3 is 2.80 bits per heavy atom. The van der Waals surface area contributed by atoms with Gasteiger partial charge in [-0.3, -0.25) is 4.79 Å². The molecule has 0 aromatic heterocycles. The smallest absolute Gasteiger partial charge is 0.303 e. The van der Waals surface area contributed by atoms with E-state index < -0.39 is 5.60 Å². The SMILES string of the molecule is CC(=O)O[C@H]1[C@@H]2O[C@@H]3N4CCO[C@H]4[C@@]4(C)CCC[C@@]3([C@@H]14)[C@H]1C[C@@H]3CC[C@]21C[C@]3(C)O. The first-order valence-corrected chi connectivity index (χ1v) is 12.2. The number of carbonyl (C=O) groups is 1. The van der Waals surface area contributed by atoms with Crippen LogP contribution in [0.1, 0.15) is 65.7 Å². The molecule has 9 rings (SSSR count). The summed E-state index contributed by atoms with van der Waals surface area (Å²) in [7, 11) is 0. The van der Waals surface area contributed by atoms with E-state index in [-0.39, 0.29) is 52.8 Å². The van der Waals surface area contributed by atoms with Crippen LogP contribution in [0.25, 0.3) is 0 Å². The van der Waals surface area contributed by atoms with Crippen LogP contribution in [-0.4, -0.2) is 59.4 Å². The van der Waals surface area contributed by atoms with E-state index in [0.29, 0.717) is 11.8 Å². The van der Waals surface area contributed by atoms with Crippen molar-refractivity contribution in [2.75, 3.05) is 13.2 Å². The van der Waals surface area contributed by atoms with Crippen LogP contribution in [0.5, 0.6) is 0 Å². The number of nitrogens with zero attached hydrogens (tertiary/aromatic N) is 1. The monoisotopic (exact) mass is 417 g/mol. The minimum atomic E-state index is -0.640. The van der Waals surface area contributed by atoms with Gasteiger partial charge in [0.2, 0.25) is 0 Å². The summed E-state index contributed by atoms with van der Waals surface area (Å²) in [6.07, 6.45) is 7.30. The summed E-state index contributed by atoms with van der Waals surface area (Å²) in [6.45, 7) is 7.68. The highest BCUT2D eigenvalue weighted by atomic mass is 16.6. The van der Waals surface area contributed by atoms with Crippen molar-refractivity contribution in [3.05, 3.63) is 0 Å². The summed E-state index contributed by atoms with van der Waals surface area (Å²) in [5.74, 6) is 1.01. The molecule has 30 heavy (non-hydrogen) atoms. The second kappa shape index (κ2) is 5.44. The van der Waals surface area contributed by atoms with Crippen molar-refractivity contribution >= 4 is 5.97 Å². The standard InChI is InChI=1S/C24H35NO5/c1-13(26)29-16-17-21(2)6-4-7-24(17)15-11-14-5-8-23(15,12-22(14,3)27)18(16)30-20(24)25-9-10-28-19(21)25/h14-20,27H,4-12H2,1-3H3/t14-,15-,16+,17-,18-,19-,20-,21-,22-,23+,24-/m0/s1. The Balaban J connectivity index is 1.46. The van der Waals surface area contributed by atoms with E-state index in [2.05, 4.69) is 11.8 Å². The van der Waals surface area contributed by atoms with Gasteiger partial charge in [-0.15, -0.1) is 0 Å². The molecule has 9 fully saturated rings. The topological polar surface area (TPSA) is 68.2 Å². The summed E-state index contributed by atoms with van der Waals surface area (Å²) in [6, 6.07) is 0. The summed E-state index contributed by atoms with van der Waals surface area (Å²) in [4.78, 5) is 14.8. The third-order valence-corrected chi connectivity index (χ3v) is 11.0. The first-order chi connectivity index (χ1) is 14.2. The highest BCUT2D eigenvalue weighted by Gasteiger charge is 2.83. The van der Waals surface area contributed by atoms with Crippen LogP contribution in [-0.2, 0) is 19.0 Å². The lowest BCUT2D eigenvalue weighted by Crippen LogP contribution is -2.86. The summed E-state index contributed by atoms with van der Waals surface area (Å²) in [5, 5.41) is 11.3. The predicted molar refractivity (Wildman–Crippen MR) is 107 cm³/mol. The molecule has 7 bridgehead atoms. The molecule has 5 aliphatic carbocycles. The number of carbonyl (C=O) groups excluding carboxylic acids is 1. The Morgan fingerprint density at radius 1 is 1.20 bits per heavy atom. The fourth-order valence-electron chi connectivity index (χ4n) is 10.5. The van der Waals surface area contributed by atoms with Crippen LogP contribution in [0.3, 0.4) is 0 Å². The van der Waals surface area contributed by atoms with Crippen molar-refractivity contribution in [3.63, 3.8) is 0 Å². The second-order valence-electron chi connectivity index (χ2n) is 12.2. The predicted octanol–water partition coefficient (Wildman–Crippen LogP) is 2.68. The largest absolute Gasteiger partial charge is 0.459 e. The highest BCUT2D eigenvalue weighted by Crippen LogP contribution is 2.80. The van der Waals surface area contributed by atoms with Crippen molar-refractivity contribution in [1.29, 1.82) is 0 Å². The van der Waals surface area contributed by atoms with Crippen molar-refractivity contribution in [2.24, 2.45) is 34.0 Å². The number of hydrogen-bond donors (Lipinski definition) is 1. The first-order valence-electron chi connectivity index (χ1n) is 12.2. The van der Waals surface area contributed by atoms with E-state index in [1.54, 1.807) is 6.92 Å². The summed E-state index contributed by atoms with van der Waals surface area (Å²) >= 11 is 0. The number of esters is 1. The number of piperidine rings is 1. The van der Waals surface area contributed by atoms with Crippen LogP contribution in [0.15, 0.2) is 0 Å². The van der Waals surface area contributed by atoms with Crippen molar-refractivity contribution < 1.29 is 24.1 Å². The van der Waals surface area contributed by atoms with E-state index in [1.807, 2.05) is 6.92 Å². The Kier molecular flexibility index (Phi) is 3.42. The Morgan fingerprint density at radius 2 is 2.03 bits per heavy atom. The maximum atomic E-state index is 12.3. The molecule has 6 nitrogen and oxygen atoms in total. The fourth-order valence-corrected chi connectivity index (χ4v) is 10.5. The number of ether oxygens (including phenoxy) is 3. The molecule has 0 aromatic carbocycles. The molecule has 6 heteroatoms. The molecule has 5 saturated carbocycles. The molecule has 1 N–H and O–H groups in total. The molecule has 0 unspecified atom stereocenters. The van der Waals surface area contributed by atoms with E-state index in [0.717, 1.165) is 51.7 Å². The van der Waals surface area contributed by atoms with Gasteiger partial charge in [-0.05, 0) is 57.3 Å². The quantitative estimate of drug-likeness (QED) is 0.662. The summed E-state index contributed by atoms with van der Waals surface area (Å²) in [5.41, 5.74) is -0.730. The Labute approximate surface area is 178 Å². The summed E-state index contributed by atoms with van der Waals surface area (Å²) < 4.78 is 19.6. The third kappa shape index (κ3) is 1.84. The van der Waals surface area contributed by atoms with Gasteiger partial charge in [0.15, 0.2) is 0 Å². The molecule has 9 aliphatic rings. The van der Waals surface area contributed by atoms with Crippen LogP contribution < -0.4 is 0 Å². The lowest BCUT2D eigenvalue weighted by molar-refractivity contribution is -0.447. The van der Waals surface area contributed by atoms with Gasteiger partial charge >= 0.3 is 5.97 Å². The minimum Gasteiger partial charge on any atom is -0.459 e. The molecule has 166 valence electrons. The van der Waals surface area contributed by atoms with Crippen molar-refractivity contribution in [3.8, 4) is 0 Å². The van der Waals surface area contributed by atoms with Crippen LogP contribution >= 0.6 is 0 Å². The average molecular weight is 418 g/mol. The molecular weight excluding hydrogens is 382 g/mol. The Hall–Kier alpha value is -0.690. The number of fused-ring (bicyclic) bond motifs is 4. The lowest BCUT2D eigenvalue weighted by Gasteiger charge is -2.81. The van der Waals surface area contributed by atoms with Gasteiger partial charge in [0, 0.05) is 35.6 Å². The van der Waals surface area contributed by atoms with Crippen LogP contribution in [0.2, 0.25) is 0 Å². The zero-order chi connectivity index (χ0) is 20.7. The molecule has 11 atom stereocenters. The zero-order valence-electron chi connectivity index (χ0n) is 18.4. The fraction of sp³-hybridized carbons (Fsp3) is 0.958. The van der Waals surface area contributed by atoms with Gasteiger partial charge < -0.3 is 19.3 Å². The van der Waals surface area contributed by atoms with E-state index in [1.165, 1.54) is 6.42 Å². The van der Waals surface area contributed by atoms with Gasteiger partial charge in [0.25, 0.3) is 0 Å². The maximum Gasteiger partial charge on any atom is 0.303 e. The van der Waals surface area contributed by atoms with E-state index in [4.69, 9.17) is 14.2 Å². The minimum absolute atomic E-state index is 0.00123. The van der Waals surface area contributed by atoms with Gasteiger partial charge in [-0.25, -0.2) is 4.90 Å². The zero-order valence-corrected chi connectivity index (χ0v) is 18.4. The number of rotatable bonds is 1. The molecule has 0 amide bonds. The van der Waals surface area contributed by atoms with Gasteiger partial charge in [0.1, 0.15) is 24.7 Å². The molecular formula is C24H35NO5.